The summed E-state index contributed by atoms with van der Waals surface area (Å²) in [7, 11) is 2.08. The van der Waals surface area contributed by atoms with Gasteiger partial charge in [-0.05, 0) is 5.56 Å². The molecule has 1 amide bonds. The van der Waals surface area contributed by atoms with E-state index >= 15 is 0 Å². The van der Waals surface area contributed by atoms with Crippen LogP contribution < -0.4 is 5.32 Å². The summed E-state index contributed by atoms with van der Waals surface area (Å²) < 4.78 is 9.03. The fourth-order valence-electron chi connectivity index (χ4n) is 2.41. The molecule has 3 atom stereocenters. The first-order valence-corrected chi connectivity index (χ1v) is 7.66. The Hall–Kier alpha value is -2.94. The van der Waals surface area contributed by atoms with E-state index in [1.165, 1.54) is 19.1 Å². The average Bonchev–Trinajstić information content (AvgIpc) is 2.65. The lowest BCUT2D eigenvalue weighted by molar-refractivity contribution is -0.163. The minimum Gasteiger partial charge on any atom is -0.480 e. The van der Waals surface area contributed by atoms with Gasteiger partial charge in [0.25, 0.3) is 5.91 Å². The molecule has 0 bridgehead atoms. The number of carboxylic acids is 1. The molecular weight excluding hydrogens is 346 g/mol. The largest absolute Gasteiger partial charge is 0.480 e. The van der Waals surface area contributed by atoms with Crippen molar-refractivity contribution >= 4 is 23.8 Å². The lowest BCUT2D eigenvalue weighted by Gasteiger charge is -2.26. The third kappa shape index (κ3) is 5.03. The lowest BCUT2D eigenvalue weighted by Crippen LogP contribution is -2.51. The van der Waals surface area contributed by atoms with Gasteiger partial charge in [0, 0.05) is 5.92 Å². The number of amides is 1. The van der Waals surface area contributed by atoms with Crippen molar-refractivity contribution in [3.05, 3.63) is 35.9 Å². The summed E-state index contributed by atoms with van der Waals surface area (Å²) >= 11 is 0. The maximum Gasteiger partial charge on any atom is 0.326 e. The lowest BCUT2D eigenvalue weighted by atomic mass is 9.87. The molecular formula is C17H21NO8. The highest BCUT2D eigenvalue weighted by molar-refractivity contribution is 5.96. The number of hydrogen-bond donors (Lipinski definition) is 3. The highest BCUT2D eigenvalue weighted by Crippen LogP contribution is 2.21. The first-order chi connectivity index (χ1) is 12.2. The molecule has 3 N–H and O–H groups in total. The molecule has 0 heterocycles. The van der Waals surface area contributed by atoms with Gasteiger partial charge in [0.05, 0.1) is 14.2 Å². The second-order valence-corrected chi connectivity index (χ2v) is 5.52. The number of aliphatic hydroxyl groups excluding tert-OH is 1. The van der Waals surface area contributed by atoms with Gasteiger partial charge in [-0.2, -0.15) is 0 Å². The molecule has 0 aromatic heterocycles. The number of benzene rings is 1. The topological polar surface area (TPSA) is 139 Å². The summed E-state index contributed by atoms with van der Waals surface area (Å²) in [6, 6.07) is 6.25. The number of nitrogens with one attached hydrogen (secondary N) is 1. The molecule has 26 heavy (non-hydrogen) atoms. The first kappa shape index (κ1) is 21.1. The van der Waals surface area contributed by atoms with E-state index < -0.39 is 47.8 Å². The zero-order chi connectivity index (χ0) is 19.9. The molecule has 0 fully saturated rings. The van der Waals surface area contributed by atoms with E-state index in [1.807, 2.05) is 0 Å². The Balaban J connectivity index is 3.03. The smallest absolute Gasteiger partial charge is 0.326 e. The van der Waals surface area contributed by atoms with Crippen molar-refractivity contribution in [1.29, 1.82) is 0 Å². The van der Waals surface area contributed by atoms with Crippen molar-refractivity contribution in [2.75, 3.05) is 14.2 Å². The number of rotatable bonds is 8. The van der Waals surface area contributed by atoms with Crippen LogP contribution in [0.1, 0.15) is 18.6 Å². The van der Waals surface area contributed by atoms with Crippen molar-refractivity contribution in [3.63, 3.8) is 0 Å². The predicted octanol–water partition coefficient (Wildman–Crippen LogP) is -0.112. The van der Waals surface area contributed by atoms with Crippen molar-refractivity contribution in [2.24, 2.45) is 11.8 Å². The van der Waals surface area contributed by atoms with Crippen LogP contribution in [0.25, 0.3) is 0 Å². The highest BCUT2D eigenvalue weighted by Gasteiger charge is 2.42. The zero-order valence-electron chi connectivity index (χ0n) is 14.5. The molecule has 0 unspecified atom stereocenters. The fraction of sp³-hybridized carbons (Fsp3) is 0.412. The molecule has 0 radical (unpaired) electrons. The molecule has 1 aromatic rings. The van der Waals surface area contributed by atoms with Crippen LogP contribution >= 0.6 is 0 Å². The van der Waals surface area contributed by atoms with Crippen LogP contribution in [0.2, 0.25) is 0 Å². The summed E-state index contributed by atoms with van der Waals surface area (Å²) in [4.78, 5) is 47.5. The van der Waals surface area contributed by atoms with Gasteiger partial charge in [-0.25, -0.2) is 4.79 Å². The zero-order valence-corrected chi connectivity index (χ0v) is 14.5. The molecule has 142 valence electrons. The number of aliphatic carboxylic acids is 1. The second-order valence-electron chi connectivity index (χ2n) is 5.52. The van der Waals surface area contributed by atoms with Crippen LogP contribution in [0.3, 0.4) is 0 Å². The van der Waals surface area contributed by atoms with E-state index in [-0.39, 0.29) is 5.56 Å². The summed E-state index contributed by atoms with van der Waals surface area (Å²) in [5, 5.41) is 21.6. The summed E-state index contributed by atoms with van der Waals surface area (Å²) in [6.45, 7) is 1.28. The third-order valence-electron chi connectivity index (χ3n) is 3.89. The molecule has 1 rings (SSSR count). The molecule has 0 saturated heterocycles. The van der Waals surface area contributed by atoms with Gasteiger partial charge in [-0.15, -0.1) is 0 Å². The molecule has 9 nitrogen and oxygen atoms in total. The minimum absolute atomic E-state index is 0.263. The maximum absolute atomic E-state index is 12.2. The number of carbonyl (C=O) groups excluding carboxylic acids is 3. The fourth-order valence-corrected chi connectivity index (χ4v) is 2.41. The van der Waals surface area contributed by atoms with Gasteiger partial charge >= 0.3 is 17.9 Å². The molecule has 0 aliphatic heterocycles. The van der Waals surface area contributed by atoms with Crippen molar-refractivity contribution in [2.45, 2.75) is 19.1 Å². The van der Waals surface area contributed by atoms with E-state index in [0.29, 0.717) is 0 Å². The summed E-state index contributed by atoms with van der Waals surface area (Å²) in [5.74, 6) is -7.20. The van der Waals surface area contributed by atoms with Gasteiger partial charge in [0.1, 0.15) is 6.04 Å². The van der Waals surface area contributed by atoms with Crippen LogP contribution in [0.5, 0.6) is 0 Å². The Bertz CT molecular complexity index is 644. The van der Waals surface area contributed by atoms with Crippen molar-refractivity contribution < 1.29 is 38.9 Å². The number of aliphatic hydroxyl groups is 1. The third-order valence-corrected chi connectivity index (χ3v) is 3.89. The Morgan fingerprint density at radius 2 is 1.50 bits per heavy atom. The Morgan fingerprint density at radius 3 is 1.92 bits per heavy atom. The molecule has 9 heteroatoms. The van der Waals surface area contributed by atoms with Crippen LogP contribution in [0, 0.1) is 11.8 Å². The molecule has 0 aliphatic rings. The van der Waals surface area contributed by atoms with Gasteiger partial charge in [-0.3, -0.25) is 14.4 Å². The normalized spacial score (nSPS) is 14.0. The van der Waals surface area contributed by atoms with Crippen LogP contribution in [-0.4, -0.2) is 54.3 Å². The number of carbonyl (C=O) groups is 4. The first-order valence-electron chi connectivity index (χ1n) is 7.66. The number of carboxylic acid groups (broad SMARTS) is 1. The van der Waals surface area contributed by atoms with E-state index in [1.54, 1.807) is 18.2 Å². The van der Waals surface area contributed by atoms with Crippen LogP contribution in [0.4, 0.5) is 0 Å². The Kier molecular flexibility index (Phi) is 7.73. The molecule has 1 aromatic carbocycles. The average molecular weight is 367 g/mol. The maximum atomic E-state index is 12.2. The number of ether oxygens (including phenoxy) is 2. The predicted molar refractivity (Wildman–Crippen MR) is 87.7 cm³/mol. The monoisotopic (exact) mass is 367 g/mol. The number of esters is 2. The van der Waals surface area contributed by atoms with Crippen LogP contribution in [-0.2, 0) is 28.7 Å². The van der Waals surface area contributed by atoms with Crippen molar-refractivity contribution in [1.82, 2.24) is 5.32 Å². The van der Waals surface area contributed by atoms with Gasteiger partial charge in [0.15, 0.2) is 12.0 Å². The second kappa shape index (κ2) is 9.52. The molecule has 0 aliphatic carbocycles. The standard InChI is InChI=1S/C17H21NO8/c1-9(11(16(23)25-2)17(24)26-3)12(15(21)22)18-14(20)13(19)10-7-5-4-6-8-10/h4-9,11-13,19H,1-3H3,(H,18,20)(H,21,22)/t9-,12-,13-/m0/s1. The summed E-state index contributed by atoms with van der Waals surface area (Å²) in [6.07, 6.45) is -1.61. The number of methoxy groups -OCH3 is 2. The van der Waals surface area contributed by atoms with Gasteiger partial charge in [-0.1, -0.05) is 37.3 Å². The number of hydrogen-bond acceptors (Lipinski definition) is 7. The Morgan fingerprint density at radius 1 is 1.00 bits per heavy atom. The molecule has 0 saturated carbocycles. The van der Waals surface area contributed by atoms with Crippen molar-refractivity contribution in [3.8, 4) is 0 Å². The quantitative estimate of drug-likeness (QED) is 0.427. The van der Waals surface area contributed by atoms with E-state index in [2.05, 4.69) is 14.8 Å². The Labute approximate surface area is 149 Å². The van der Waals surface area contributed by atoms with Gasteiger partial charge in [0.2, 0.25) is 0 Å². The minimum atomic E-state index is -1.64. The SMILES string of the molecule is COC(=O)C(C(=O)OC)[C@H](C)[C@H](NC(=O)[C@@H](O)c1ccccc1)C(=O)O. The summed E-state index contributed by atoms with van der Waals surface area (Å²) in [5.41, 5.74) is 0.263. The van der Waals surface area contributed by atoms with E-state index in [0.717, 1.165) is 14.2 Å². The van der Waals surface area contributed by atoms with E-state index in [4.69, 9.17) is 0 Å². The van der Waals surface area contributed by atoms with Crippen LogP contribution in [0.15, 0.2) is 30.3 Å². The molecule has 0 spiro atoms. The highest BCUT2D eigenvalue weighted by atomic mass is 16.5. The van der Waals surface area contributed by atoms with Gasteiger partial charge < -0.3 is 25.0 Å². The van der Waals surface area contributed by atoms with E-state index in [9.17, 15) is 29.4 Å².